The highest BCUT2D eigenvalue weighted by molar-refractivity contribution is 5.97. The van der Waals surface area contributed by atoms with Gasteiger partial charge in [0.2, 0.25) is 5.90 Å². The Morgan fingerprint density at radius 2 is 1.50 bits per heavy atom. The lowest BCUT2D eigenvalue weighted by molar-refractivity contribution is 0.162. The number of aryl methyl sites for hydroxylation is 2. The molecule has 0 N–H and O–H groups in total. The summed E-state index contributed by atoms with van der Waals surface area (Å²) in [6, 6.07) is 36.3. The average Bonchev–Trinajstić information content (AvgIpc) is 3.58. The molecule has 3 aliphatic rings. The second kappa shape index (κ2) is 12.9. The number of pyridine rings is 2. The molecule has 0 saturated heterocycles. The average molecular weight is 739 g/mol. The number of aromatic nitrogens is 2. The normalized spacial score (nSPS) is 18.9. The molecule has 0 amide bonds. The van der Waals surface area contributed by atoms with Crippen LogP contribution in [0.4, 0.5) is 17.2 Å². The molecule has 2 aromatic heterocycles. The van der Waals surface area contributed by atoms with Crippen LogP contribution in [0.2, 0.25) is 0 Å². The predicted octanol–water partition coefficient (Wildman–Crippen LogP) is 12.5. The van der Waals surface area contributed by atoms with Gasteiger partial charge in [0.25, 0.3) is 0 Å². The lowest BCUT2D eigenvalue weighted by atomic mass is 9.68. The lowest BCUT2D eigenvalue weighted by Crippen LogP contribution is -2.35. The van der Waals surface area contributed by atoms with Crippen molar-refractivity contribution in [2.45, 2.75) is 97.1 Å². The second-order valence-corrected chi connectivity index (χ2v) is 18.0. The van der Waals surface area contributed by atoms with Gasteiger partial charge in [-0.05, 0) is 119 Å². The van der Waals surface area contributed by atoms with Gasteiger partial charge in [0.05, 0.1) is 23.1 Å². The van der Waals surface area contributed by atoms with E-state index in [1.165, 1.54) is 38.9 Å². The Bertz CT molecular complexity index is 2550. The summed E-state index contributed by atoms with van der Waals surface area (Å²) in [5.41, 5.74) is 13.4. The highest BCUT2D eigenvalue weighted by atomic mass is 16.5. The van der Waals surface area contributed by atoms with E-state index in [0.29, 0.717) is 11.6 Å². The molecule has 0 spiro atoms. The van der Waals surface area contributed by atoms with Gasteiger partial charge in [-0.2, -0.15) is 0 Å². The van der Waals surface area contributed by atoms with E-state index in [4.69, 9.17) is 24.4 Å². The minimum Gasteiger partial charge on any atom is -0.467 e. The van der Waals surface area contributed by atoms with Crippen molar-refractivity contribution < 1.29 is 9.47 Å². The van der Waals surface area contributed by atoms with Gasteiger partial charge >= 0.3 is 0 Å². The molecule has 2 aliphatic heterocycles. The maximum Gasteiger partial charge on any atom is 0.217 e. The van der Waals surface area contributed by atoms with Crippen LogP contribution in [0.1, 0.15) is 105 Å². The highest BCUT2D eigenvalue weighted by Gasteiger charge is 2.45. The predicted molar refractivity (Wildman–Crippen MR) is 227 cm³/mol. The number of fused-ring (bicyclic) bond motifs is 5. The number of aliphatic imine (C=N–C) groups is 1. The fraction of sp³-hybridized carbons (Fsp3) is 0.300. The molecule has 9 rings (SSSR count). The smallest absolute Gasteiger partial charge is 0.217 e. The fourth-order valence-corrected chi connectivity index (χ4v) is 9.40. The van der Waals surface area contributed by atoms with Gasteiger partial charge in [-0.1, -0.05) is 96.5 Å². The maximum absolute atomic E-state index is 6.88. The van der Waals surface area contributed by atoms with Crippen molar-refractivity contribution in [2.75, 3.05) is 4.90 Å². The third kappa shape index (κ3) is 6.07. The molecule has 4 aromatic carbocycles. The molecule has 2 atom stereocenters. The van der Waals surface area contributed by atoms with Crippen molar-refractivity contribution in [3.8, 4) is 22.8 Å². The molecular weight excluding hydrogens is 689 g/mol. The van der Waals surface area contributed by atoms with E-state index in [1.807, 2.05) is 30.6 Å². The summed E-state index contributed by atoms with van der Waals surface area (Å²) in [7, 11) is 0. The molecule has 0 saturated carbocycles. The SMILES string of the molecule is Cc1cc(C)c2c(c1)[C@@H]1OC(c3cc(Oc4ccc5c(c4)N(c4cc(C(C)(C)C)ccn4)c4ccccc4C5(C)C)cc(-c4ccccn4)c3)=N[C@@H]1CC2(C)C. The number of hydrogen-bond donors (Lipinski definition) is 0. The molecule has 1 aliphatic carbocycles. The lowest BCUT2D eigenvalue weighted by Gasteiger charge is -2.41. The zero-order chi connectivity index (χ0) is 39.1. The summed E-state index contributed by atoms with van der Waals surface area (Å²) in [5, 5.41) is 0. The van der Waals surface area contributed by atoms with E-state index < -0.39 is 0 Å². The first-order valence-electron chi connectivity index (χ1n) is 19.8. The van der Waals surface area contributed by atoms with Crippen molar-refractivity contribution >= 4 is 23.1 Å². The number of ether oxygens (including phenoxy) is 2. The minimum absolute atomic E-state index is 0.0142. The number of nitrogens with zero attached hydrogens (tertiary/aromatic N) is 4. The fourth-order valence-electron chi connectivity index (χ4n) is 9.40. The van der Waals surface area contributed by atoms with E-state index >= 15 is 0 Å². The Hall–Kier alpha value is -5.75. The Kier molecular flexibility index (Phi) is 8.28. The standard InChI is InChI=1S/C50H50N4O2/c1-30-22-31(2)45-37(23-30)46-41(29-49(45,6)7)53-47(56-46)33-24-32(40-15-12-13-20-51-40)25-36(26-33)55-35-17-18-39-43(28-35)54(42-16-11-10-14-38(42)50(39,8)9)44-27-34(19-21-52-44)48(3,4)5/h10-28,41,46H,29H2,1-9H3/t41-,46+/m1/s1. The Morgan fingerprint density at radius 3 is 2.29 bits per heavy atom. The van der Waals surface area contributed by atoms with Gasteiger partial charge < -0.3 is 9.47 Å². The highest BCUT2D eigenvalue weighted by Crippen LogP contribution is 2.53. The molecule has 0 radical (unpaired) electrons. The Balaban J connectivity index is 1.13. The largest absolute Gasteiger partial charge is 0.467 e. The van der Waals surface area contributed by atoms with Gasteiger partial charge in [-0.25, -0.2) is 9.98 Å². The first kappa shape index (κ1) is 35.9. The molecule has 0 fully saturated rings. The van der Waals surface area contributed by atoms with Gasteiger partial charge in [-0.15, -0.1) is 0 Å². The van der Waals surface area contributed by atoms with Crippen molar-refractivity contribution in [3.05, 3.63) is 160 Å². The molecular formula is C50H50N4O2. The van der Waals surface area contributed by atoms with Crippen LogP contribution in [0.5, 0.6) is 11.5 Å². The molecule has 0 unspecified atom stereocenters. The summed E-state index contributed by atoms with van der Waals surface area (Å²) in [4.78, 5) is 17.2. The maximum atomic E-state index is 6.88. The molecule has 6 aromatic rings. The number of rotatable bonds is 5. The quantitative estimate of drug-likeness (QED) is 0.176. The van der Waals surface area contributed by atoms with Crippen LogP contribution >= 0.6 is 0 Å². The van der Waals surface area contributed by atoms with Crippen molar-refractivity contribution in [1.29, 1.82) is 0 Å². The van der Waals surface area contributed by atoms with Gasteiger partial charge in [0, 0.05) is 35.0 Å². The second-order valence-electron chi connectivity index (χ2n) is 18.0. The zero-order valence-corrected chi connectivity index (χ0v) is 33.9. The number of hydrogen-bond acceptors (Lipinski definition) is 6. The topological polar surface area (TPSA) is 59.8 Å². The van der Waals surface area contributed by atoms with Gasteiger partial charge in [-0.3, -0.25) is 9.88 Å². The van der Waals surface area contributed by atoms with Crippen molar-refractivity contribution in [2.24, 2.45) is 4.99 Å². The van der Waals surface area contributed by atoms with Crippen molar-refractivity contribution in [3.63, 3.8) is 0 Å². The van der Waals surface area contributed by atoms with Crippen LogP contribution in [-0.2, 0) is 21.0 Å². The van der Waals surface area contributed by atoms with E-state index in [1.54, 1.807) is 0 Å². The number of anilines is 3. The van der Waals surface area contributed by atoms with E-state index in [0.717, 1.165) is 46.2 Å². The van der Waals surface area contributed by atoms with Crippen LogP contribution in [0.15, 0.2) is 121 Å². The van der Waals surface area contributed by atoms with Crippen LogP contribution in [0, 0.1) is 13.8 Å². The first-order chi connectivity index (χ1) is 26.7. The first-order valence-corrected chi connectivity index (χ1v) is 19.8. The molecule has 282 valence electrons. The molecule has 0 bridgehead atoms. The number of para-hydroxylation sites is 1. The van der Waals surface area contributed by atoms with Gasteiger partial charge in [0.1, 0.15) is 23.4 Å². The van der Waals surface area contributed by atoms with Gasteiger partial charge in [0.15, 0.2) is 0 Å². The number of benzene rings is 4. The molecule has 56 heavy (non-hydrogen) atoms. The Labute approximate surface area is 331 Å². The zero-order valence-electron chi connectivity index (χ0n) is 33.9. The Morgan fingerprint density at radius 1 is 0.732 bits per heavy atom. The van der Waals surface area contributed by atoms with E-state index in [2.05, 4.69) is 152 Å². The van der Waals surface area contributed by atoms with E-state index in [9.17, 15) is 0 Å². The summed E-state index contributed by atoms with van der Waals surface area (Å²) in [5.74, 6) is 2.94. The monoisotopic (exact) mass is 738 g/mol. The van der Waals surface area contributed by atoms with Crippen molar-refractivity contribution in [1.82, 2.24) is 9.97 Å². The van der Waals surface area contributed by atoms with E-state index in [-0.39, 0.29) is 28.4 Å². The molecule has 6 nitrogen and oxygen atoms in total. The van der Waals surface area contributed by atoms with Crippen LogP contribution in [-0.4, -0.2) is 21.9 Å². The summed E-state index contributed by atoms with van der Waals surface area (Å²) in [6.45, 7) is 20.4. The molecule has 6 heteroatoms. The minimum atomic E-state index is -0.242. The third-order valence-electron chi connectivity index (χ3n) is 12.0. The molecule has 4 heterocycles. The summed E-state index contributed by atoms with van der Waals surface area (Å²) in [6.07, 6.45) is 4.54. The van der Waals surface area contributed by atoms with Crippen LogP contribution in [0.3, 0.4) is 0 Å². The summed E-state index contributed by atoms with van der Waals surface area (Å²) < 4.78 is 13.7. The summed E-state index contributed by atoms with van der Waals surface area (Å²) >= 11 is 0. The van der Waals surface area contributed by atoms with Crippen LogP contribution in [0.25, 0.3) is 11.3 Å². The third-order valence-corrected chi connectivity index (χ3v) is 12.0. The van der Waals surface area contributed by atoms with Crippen LogP contribution < -0.4 is 9.64 Å².